The molecule has 0 aliphatic carbocycles. The van der Waals surface area contributed by atoms with Crippen LogP contribution in [0.1, 0.15) is 26.1 Å². The van der Waals surface area contributed by atoms with E-state index in [1.54, 1.807) is 0 Å². The fraction of sp³-hybridized carbons (Fsp3) is 0.600. The summed E-state index contributed by atoms with van der Waals surface area (Å²) in [6, 6.07) is 1.81. The van der Waals surface area contributed by atoms with Crippen molar-refractivity contribution in [3.8, 4) is 5.88 Å². The van der Waals surface area contributed by atoms with Crippen molar-refractivity contribution in [2.45, 2.75) is 26.7 Å². The van der Waals surface area contributed by atoms with Gasteiger partial charge in [-0.05, 0) is 6.42 Å². The van der Waals surface area contributed by atoms with E-state index in [0.29, 0.717) is 12.5 Å². The van der Waals surface area contributed by atoms with Crippen LogP contribution in [-0.2, 0) is 6.42 Å². The minimum absolute atomic E-state index is 0.656. The standard InChI is InChI=1S/C10H17N3O/c1-4-6-14-10-7-9(11-3)12-8(5-2)13-10/h7H,4-6H2,1-3H3,(H,11,12,13). The fourth-order valence-corrected chi connectivity index (χ4v) is 1.04. The average molecular weight is 195 g/mol. The van der Waals surface area contributed by atoms with Gasteiger partial charge >= 0.3 is 0 Å². The maximum absolute atomic E-state index is 5.45. The molecule has 0 saturated carbocycles. The molecule has 0 spiro atoms. The molecule has 1 aromatic heterocycles. The Kier molecular flexibility index (Phi) is 4.16. The van der Waals surface area contributed by atoms with Crippen LogP contribution in [0.3, 0.4) is 0 Å². The Labute approximate surface area is 84.7 Å². The van der Waals surface area contributed by atoms with Crippen LogP contribution >= 0.6 is 0 Å². The summed E-state index contributed by atoms with van der Waals surface area (Å²) < 4.78 is 5.45. The van der Waals surface area contributed by atoms with Gasteiger partial charge in [-0.1, -0.05) is 13.8 Å². The number of hydrogen-bond donors (Lipinski definition) is 1. The number of anilines is 1. The number of rotatable bonds is 5. The molecule has 78 valence electrons. The first kappa shape index (κ1) is 10.8. The molecule has 0 radical (unpaired) electrons. The summed E-state index contributed by atoms with van der Waals surface area (Å²) in [4.78, 5) is 8.54. The zero-order valence-electron chi connectivity index (χ0n) is 9.00. The van der Waals surface area contributed by atoms with Gasteiger partial charge in [0.05, 0.1) is 6.61 Å². The Morgan fingerprint density at radius 1 is 1.36 bits per heavy atom. The lowest BCUT2D eigenvalue weighted by molar-refractivity contribution is 0.304. The van der Waals surface area contributed by atoms with E-state index in [2.05, 4.69) is 22.2 Å². The average Bonchev–Trinajstić information content (AvgIpc) is 2.25. The summed E-state index contributed by atoms with van der Waals surface area (Å²) in [6.45, 7) is 4.79. The molecule has 1 aromatic rings. The van der Waals surface area contributed by atoms with Crippen LogP contribution in [0.5, 0.6) is 5.88 Å². The number of aryl methyl sites for hydroxylation is 1. The lowest BCUT2D eigenvalue weighted by Crippen LogP contribution is -2.03. The highest BCUT2D eigenvalue weighted by atomic mass is 16.5. The lowest BCUT2D eigenvalue weighted by Gasteiger charge is -2.07. The minimum atomic E-state index is 0.656. The zero-order chi connectivity index (χ0) is 10.4. The first-order valence-electron chi connectivity index (χ1n) is 4.98. The third-order valence-electron chi connectivity index (χ3n) is 1.78. The molecule has 4 heteroatoms. The Morgan fingerprint density at radius 3 is 2.71 bits per heavy atom. The van der Waals surface area contributed by atoms with Gasteiger partial charge in [0.15, 0.2) is 0 Å². The number of ether oxygens (including phenoxy) is 1. The van der Waals surface area contributed by atoms with E-state index in [0.717, 1.165) is 24.5 Å². The third-order valence-corrected chi connectivity index (χ3v) is 1.78. The van der Waals surface area contributed by atoms with Crippen molar-refractivity contribution in [1.82, 2.24) is 9.97 Å². The van der Waals surface area contributed by atoms with Crippen molar-refractivity contribution >= 4 is 5.82 Å². The normalized spacial score (nSPS) is 9.93. The van der Waals surface area contributed by atoms with Gasteiger partial charge in [-0.2, -0.15) is 4.98 Å². The molecule has 0 fully saturated rings. The largest absolute Gasteiger partial charge is 0.478 e. The maximum atomic E-state index is 5.45. The van der Waals surface area contributed by atoms with Crippen LogP contribution < -0.4 is 10.1 Å². The topological polar surface area (TPSA) is 47.0 Å². The molecule has 1 heterocycles. The van der Waals surface area contributed by atoms with Crippen LogP contribution in [0.2, 0.25) is 0 Å². The molecule has 4 nitrogen and oxygen atoms in total. The highest BCUT2D eigenvalue weighted by molar-refractivity contribution is 5.37. The molecule has 0 aliphatic heterocycles. The summed E-state index contributed by atoms with van der Waals surface area (Å²) >= 11 is 0. The van der Waals surface area contributed by atoms with Crippen LogP contribution in [0.15, 0.2) is 6.07 Å². The van der Waals surface area contributed by atoms with Crippen LogP contribution in [0, 0.1) is 0 Å². The molecule has 0 unspecified atom stereocenters. The van der Waals surface area contributed by atoms with Gasteiger partial charge in [0.25, 0.3) is 0 Å². The van der Waals surface area contributed by atoms with Gasteiger partial charge in [-0.15, -0.1) is 0 Å². The van der Waals surface area contributed by atoms with Gasteiger partial charge in [-0.3, -0.25) is 0 Å². The predicted octanol–water partition coefficient (Wildman–Crippen LogP) is 1.87. The van der Waals surface area contributed by atoms with Crippen molar-refractivity contribution < 1.29 is 4.74 Å². The summed E-state index contributed by atoms with van der Waals surface area (Å²) in [5, 5.41) is 2.99. The second-order valence-corrected chi connectivity index (χ2v) is 2.96. The van der Waals surface area contributed by atoms with E-state index in [1.165, 1.54) is 0 Å². The molecule has 0 aliphatic rings. The third kappa shape index (κ3) is 2.87. The Bertz CT molecular complexity index is 266. The summed E-state index contributed by atoms with van der Waals surface area (Å²) in [5.41, 5.74) is 0. The van der Waals surface area contributed by atoms with Gasteiger partial charge in [0.1, 0.15) is 11.6 Å². The molecule has 0 saturated heterocycles. The number of hydrogen-bond acceptors (Lipinski definition) is 4. The predicted molar refractivity (Wildman–Crippen MR) is 56.7 cm³/mol. The van der Waals surface area contributed by atoms with Crippen LogP contribution in [0.4, 0.5) is 5.82 Å². The van der Waals surface area contributed by atoms with Crippen molar-refractivity contribution in [1.29, 1.82) is 0 Å². The molecule has 0 atom stereocenters. The summed E-state index contributed by atoms with van der Waals surface area (Å²) in [6.07, 6.45) is 1.80. The quantitative estimate of drug-likeness (QED) is 0.779. The first-order valence-corrected chi connectivity index (χ1v) is 4.98. The Balaban J connectivity index is 2.81. The molecule has 1 N–H and O–H groups in total. The number of aromatic nitrogens is 2. The minimum Gasteiger partial charge on any atom is -0.478 e. The SMILES string of the molecule is CCCOc1cc(NC)nc(CC)n1. The highest BCUT2D eigenvalue weighted by Crippen LogP contribution is 2.13. The summed E-state index contributed by atoms with van der Waals surface area (Å²) in [7, 11) is 1.84. The molecule has 0 bridgehead atoms. The van der Waals surface area contributed by atoms with Crippen molar-refractivity contribution in [3.63, 3.8) is 0 Å². The molecule has 0 amide bonds. The summed E-state index contributed by atoms with van der Waals surface area (Å²) in [5.74, 6) is 2.27. The molecular weight excluding hydrogens is 178 g/mol. The molecular formula is C10H17N3O. The van der Waals surface area contributed by atoms with Crippen LogP contribution in [-0.4, -0.2) is 23.6 Å². The van der Waals surface area contributed by atoms with E-state index in [-0.39, 0.29) is 0 Å². The highest BCUT2D eigenvalue weighted by Gasteiger charge is 2.02. The van der Waals surface area contributed by atoms with E-state index in [9.17, 15) is 0 Å². The fourth-order valence-electron chi connectivity index (χ4n) is 1.04. The number of nitrogens with one attached hydrogen (secondary N) is 1. The molecule has 0 aromatic carbocycles. The van der Waals surface area contributed by atoms with Crippen molar-refractivity contribution in [2.75, 3.05) is 19.0 Å². The zero-order valence-corrected chi connectivity index (χ0v) is 9.00. The molecule has 1 rings (SSSR count). The van der Waals surface area contributed by atoms with Crippen LogP contribution in [0.25, 0.3) is 0 Å². The first-order chi connectivity index (χ1) is 6.80. The maximum Gasteiger partial charge on any atom is 0.218 e. The second-order valence-electron chi connectivity index (χ2n) is 2.96. The number of nitrogens with zero attached hydrogens (tertiary/aromatic N) is 2. The van der Waals surface area contributed by atoms with E-state index < -0.39 is 0 Å². The lowest BCUT2D eigenvalue weighted by atomic mass is 10.4. The Hall–Kier alpha value is -1.32. The van der Waals surface area contributed by atoms with Crippen molar-refractivity contribution in [3.05, 3.63) is 11.9 Å². The second kappa shape index (κ2) is 5.42. The van der Waals surface area contributed by atoms with E-state index in [1.807, 2.05) is 20.0 Å². The smallest absolute Gasteiger partial charge is 0.218 e. The van der Waals surface area contributed by atoms with Gasteiger partial charge in [0, 0.05) is 19.5 Å². The van der Waals surface area contributed by atoms with E-state index >= 15 is 0 Å². The van der Waals surface area contributed by atoms with Gasteiger partial charge in [0.2, 0.25) is 5.88 Å². The Morgan fingerprint density at radius 2 is 2.14 bits per heavy atom. The van der Waals surface area contributed by atoms with E-state index in [4.69, 9.17) is 4.74 Å². The van der Waals surface area contributed by atoms with Crippen molar-refractivity contribution in [2.24, 2.45) is 0 Å². The monoisotopic (exact) mass is 195 g/mol. The van der Waals surface area contributed by atoms with Gasteiger partial charge in [-0.25, -0.2) is 4.98 Å². The molecule has 14 heavy (non-hydrogen) atoms. The van der Waals surface area contributed by atoms with Gasteiger partial charge < -0.3 is 10.1 Å².